The van der Waals surface area contributed by atoms with Crippen molar-refractivity contribution >= 4 is 17.2 Å². The molecule has 3 heterocycles. The molecule has 6 heteroatoms. The number of fused-ring (bicyclic) bond motifs is 1. The third kappa shape index (κ3) is 3.01. The number of benzene rings is 1. The van der Waals surface area contributed by atoms with Gasteiger partial charge in [0.25, 0.3) is 5.91 Å². The van der Waals surface area contributed by atoms with E-state index < -0.39 is 0 Å². The number of amides is 1. The highest BCUT2D eigenvalue weighted by Crippen LogP contribution is 2.32. The maximum Gasteiger partial charge on any atom is 0.273 e. The lowest BCUT2D eigenvalue weighted by Crippen LogP contribution is -2.33. The van der Waals surface area contributed by atoms with Crippen LogP contribution in [-0.4, -0.2) is 46.9 Å². The highest BCUT2D eigenvalue weighted by atomic mass is 32.1. The van der Waals surface area contributed by atoms with E-state index in [0.29, 0.717) is 17.5 Å². The Kier molecular flexibility index (Phi) is 3.87. The van der Waals surface area contributed by atoms with Crippen LogP contribution in [0.5, 0.6) is 0 Å². The molecule has 23 heavy (non-hydrogen) atoms. The molecule has 4 nitrogen and oxygen atoms in total. The number of carbonyl (C=O) groups is 1. The summed E-state index contributed by atoms with van der Waals surface area (Å²) in [6, 6.07) is 6.81. The lowest BCUT2D eigenvalue weighted by molar-refractivity contribution is 0.0768. The van der Waals surface area contributed by atoms with Crippen molar-refractivity contribution in [3.05, 3.63) is 52.2 Å². The van der Waals surface area contributed by atoms with Crippen molar-refractivity contribution in [2.45, 2.75) is 6.54 Å². The molecule has 2 aliphatic rings. The summed E-state index contributed by atoms with van der Waals surface area (Å²) in [7, 11) is 0. The van der Waals surface area contributed by atoms with Gasteiger partial charge in [0, 0.05) is 38.1 Å². The topological polar surface area (TPSA) is 36.4 Å². The summed E-state index contributed by atoms with van der Waals surface area (Å²) in [5.41, 5.74) is 3.28. The van der Waals surface area contributed by atoms with Crippen LogP contribution < -0.4 is 0 Å². The SMILES string of the molecule is O=C(c1cscn1)N1C[C@H]2CN(Cc3cccc(F)c3)C[C@H]2C1. The van der Waals surface area contributed by atoms with Crippen molar-refractivity contribution in [3.63, 3.8) is 0 Å². The lowest BCUT2D eigenvalue weighted by atomic mass is 10.0. The Bertz CT molecular complexity index is 692. The van der Waals surface area contributed by atoms with Crippen LogP contribution in [0.3, 0.4) is 0 Å². The smallest absolute Gasteiger partial charge is 0.273 e. The zero-order chi connectivity index (χ0) is 15.8. The van der Waals surface area contributed by atoms with Crippen LogP contribution in [0.1, 0.15) is 16.1 Å². The van der Waals surface area contributed by atoms with E-state index in [-0.39, 0.29) is 11.7 Å². The van der Waals surface area contributed by atoms with Gasteiger partial charge in [0.05, 0.1) is 5.51 Å². The van der Waals surface area contributed by atoms with Crippen LogP contribution in [-0.2, 0) is 6.54 Å². The predicted octanol–water partition coefficient (Wildman–Crippen LogP) is 2.49. The molecule has 4 rings (SSSR count). The molecule has 0 N–H and O–H groups in total. The Labute approximate surface area is 138 Å². The van der Waals surface area contributed by atoms with Gasteiger partial charge in [-0.3, -0.25) is 9.69 Å². The normalized spacial score (nSPS) is 24.1. The standard InChI is InChI=1S/C17H18FN3OS/c18-15-3-1-2-12(4-15)5-20-6-13-8-21(9-14(13)7-20)17(22)16-10-23-11-19-16/h1-4,10-11,13-14H,5-9H2/t13-,14+. The number of halogens is 1. The van der Waals surface area contributed by atoms with Gasteiger partial charge in [0.2, 0.25) is 0 Å². The van der Waals surface area contributed by atoms with Gasteiger partial charge in [-0.1, -0.05) is 12.1 Å². The fraction of sp³-hybridized carbons (Fsp3) is 0.412. The average molecular weight is 331 g/mol. The largest absolute Gasteiger partial charge is 0.337 e. The maximum atomic E-state index is 13.3. The quantitative estimate of drug-likeness (QED) is 0.867. The average Bonchev–Trinajstić information content (AvgIpc) is 3.22. The van der Waals surface area contributed by atoms with Gasteiger partial charge < -0.3 is 4.90 Å². The molecule has 2 saturated heterocycles. The van der Waals surface area contributed by atoms with E-state index in [2.05, 4.69) is 9.88 Å². The van der Waals surface area contributed by atoms with E-state index in [4.69, 9.17) is 0 Å². The number of thiazole rings is 1. The van der Waals surface area contributed by atoms with Gasteiger partial charge in [-0.05, 0) is 29.5 Å². The number of rotatable bonds is 3. The third-order valence-electron chi connectivity index (χ3n) is 4.80. The first-order valence-electron chi connectivity index (χ1n) is 7.83. The zero-order valence-electron chi connectivity index (χ0n) is 12.7. The third-order valence-corrected chi connectivity index (χ3v) is 5.38. The molecule has 2 aliphatic heterocycles. The zero-order valence-corrected chi connectivity index (χ0v) is 13.5. The fourth-order valence-corrected chi connectivity index (χ4v) is 4.28. The van der Waals surface area contributed by atoms with Gasteiger partial charge >= 0.3 is 0 Å². The van der Waals surface area contributed by atoms with Crippen LogP contribution in [0.2, 0.25) is 0 Å². The van der Waals surface area contributed by atoms with Crippen LogP contribution in [0.4, 0.5) is 4.39 Å². The van der Waals surface area contributed by atoms with E-state index in [1.165, 1.54) is 17.4 Å². The second-order valence-corrected chi connectivity index (χ2v) is 7.15. The van der Waals surface area contributed by atoms with E-state index in [0.717, 1.165) is 38.3 Å². The number of aromatic nitrogens is 1. The minimum Gasteiger partial charge on any atom is -0.337 e. The van der Waals surface area contributed by atoms with Gasteiger partial charge in [-0.15, -0.1) is 11.3 Å². The molecule has 0 radical (unpaired) electrons. The first kappa shape index (κ1) is 14.8. The molecular weight excluding hydrogens is 313 g/mol. The first-order chi connectivity index (χ1) is 11.2. The minimum atomic E-state index is -0.179. The summed E-state index contributed by atoms with van der Waals surface area (Å²) in [5, 5.41) is 1.81. The summed E-state index contributed by atoms with van der Waals surface area (Å²) < 4.78 is 13.3. The molecular formula is C17H18FN3OS. The van der Waals surface area contributed by atoms with Crippen molar-refractivity contribution in [2.24, 2.45) is 11.8 Å². The number of likely N-dealkylation sites (tertiary alicyclic amines) is 2. The summed E-state index contributed by atoms with van der Waals surface area (Å²) in [4.78, 5) is 20.8. The maximum absolute atomic E-state index is 13.3. The monoisotopic (exact) mass is 331 g/mol. The van der Waals surface area contributed by atoms with E-state index in [1.807, 2.05) is 16.3 Å². The van der Waals surface area contributed by atoms with E-state index >= 15 is 0 Å². The van der Waals surface area contributed by atoms with Crippen molar-refractivity contribution < 1.29 is 9.18 Å². The fourth-order valence-electron chi connectivity index (χ4n) is 3.76. The van der Waals surface area contributed by atoms with Crippen LogP contribution >= 0.6 is 11.3 Å². The van der Waals surface area contributed by atoms with Crippen molar-refractivity contribution in [2.75, 3.05) is 26.2 Å². The van der Waals surface area contributed by atoms with E-state index in [9.17, 15) is 9.18 Å². The molecule has 0 bridgehead atoms. The molecule has 2 fully saturated rings. The van der Waals surface area contributed by atoms with Crippen LogP contribution in [0.15, 0.2) is 35.2 Å². The van der Waals surface area contributed by atoms with Gasteiger partial charge in [0.1, 0.15) is 11.5 Å². The summed E-state index contributed by atoms with van der Waals surface area (Å²) >= 11 is 1.45. The molecule has 0 aliphatic carbocycles. The highest BCUT2D eigenvalue weighted by molar-refractivity contribution is 7.07. The first-order valence-corrected chi connectivity index (χ1v) is 8.77. The van der Waals surface area contributed by atoms with Crippen LogP contribution in [0.25, 0.3) is 0 Å². The number of nitrogens with zero attached hydrogens (tertiary/aromatic N) is 3. The molecule has 0 unspecified atom stereocenters. The van der Waals surface area contributed by atoms with Crippen molar-refractivity contribution in [1.82, 2.24) is 14.8 Å². The predicted molar refractivity (Wildman–Crippen MR) is 86.7 cm³/mol. The second kappa shape index (κ2) is 6.02. The van der Waals surface area contributed by atoms with E-state index in [1.54, 1.807) is 17.6 Å². The summed E-state index contributed by atoms with van der Waals surface area (Å²) in [6.07, 6.45) is 0. The Morgan fingerprint density at radius 2 is 2.04 bits per heavy atom. The van der Waals surface area contributed by atoms with Gasteiger partial charge in [-0.25, -0.2) is 9.37 Å². The number of carbonyl (C=O) groups excluding carboxylic acids is 1. The van der Waals surface area contributed by atoms with Gasteiger partial charge in [-0.2, -0.15) is 0 Å². The Hall–Kier alpha value is -1.79. The molecule has 1 amide bonds. The molecule has 120 valence electrons. The van der Waals surface area contributed by atoms with Gasteiger partial charge in [0.15, 0.2) is 0 Å². The van der Waals surface area contributed by atoms with Crippen LogP contribution in [0, 0.1) is 17.7 Å². The Morgan fingerprint density at radius 3 is 2.70 bits per heavy atom. The molecule has 1 aromatic carbocycles. The molecule has 2 atom stereocenters. The summed E-state index contributed by atoms with van der Waals surface area (Å²) in [6.45, 7) is 4.34. The molecule has 0 spiro atoms. The van der Waals surface area contributed by atoms with Crippen molar-refractivity contribution in [1.29, 1.82) is 0 Å². The number of hydrogen-bond acceptors (Lipinski definition) is 4. The lowest BCUT2D eigenvalue weighted by Gasteiger charge is -2.21. The molecule has 0 saturated carbocycles. The molecule has 1 aromatic heterocycles. The molecule has 2 aromatic rings. The Balaban J connectivity index is 1.36. The number of hydrogen-bond donors (Lipinski definition) is 0. The minimum absolute atomic E-state index is 0.0531. The van der Waals surface area contributed by atoms with Crippen molar-refractivity contribution in [3.8, 4) is 0 Å². The highest BCUT2D eigenvalue weighted by Gasteiger charge is 2.41. The summed E-state index contributed by atoms with van der Waals surface area (Å²) in [5.74, 6) is 0.913. The second-order valence-electron chi connectivity index (χ2n) is 6.43. The Morgan fingerprint density at radius 1 is 1.26 bits per heavy atom.